The summed E-state index contributed by atoms with van der Waals surface area (Å²) in [5, 5.41) is 11.5. The van der Waals surface area contributed by atoms with Gasteiger partial charge in [-0.25, -0.2) is 4.98 Å². The van der Waals surface area contributed by atoms with E-state index >= 15 is 0 Å². The number of hydrogen-bond donors (Lipinski definition) is 2. The van der Waals surface area contributed by atoms with E-state index < -0.39 is 0 Å². The average molecular weight is 275 g/mol. The summed E-state index contributed by atoms with van der Waals surface area (Å²) in [5.74, 6) is 5.01. The number of pyridine rings is 1. The maximum atomic E-state index is 12.1. The predicted octanol–water partition coefficient (Wildman–Crippen LogP) is 0.495. The molecule has 0 radical (unpaired) electrons. The number of likely N-dealkylation sites (N-methyl/N-ethyl adjacent to an activating group) is 1. The van der Waals surface area contributed by atoms with Crippen molar-refractivity contribution >= 4 is 5.91 Å². The third kappa shape index (κ3) is 5.00. The predicted molar refractivity (Wildman–Crippen MR) is 78.3 cm³/mol. The first-order chi connectivity index (χ1) is 9.56. The number of aliphatic hydroxyl groups excluding tert-OH is 1. The second-order valence-corrected chi connectivity index (χ2v) is 4.69. The summed E-state index contributed by atoms with van der Waals surface area (Å²) in [6, 6.07) is 3.86. The molecule has 0 aliphatic heterocycles. The molecule has 0 aliphatic carbocycles. The number of nitrogens with one attached hydrogen (secondary N) is 1. The lowest BCUT2D eigenvalue weighted by atomic mass is 10.2. The van der Waals surface area contributed by atoms with Crippen LogP contribution in [0.25, 0.3) is 0 Å². The number of rotatable bonds is 5. The van der Waals surface area contributed by atoms with Crippen LogP contribution in [0.1, 0.15) is 29.9 Å². The van der Waals surface area contributed by atoms with Crippen LogP contribution in [-0.4, -0.2) is 53.7 Å². The highest BCUT2D eigenvalue weighted by molar-refractivity contribution is 5.94. The van der Waals surface area contributed by atoms with Gasteiger partial charge in [0.2, 0.25) is 0 Å². The van der Waals surface area contributed by atoms with Gasteiger partial charge in [0.1, 0.15) is 12.3 Å². The molecule has 0 atom stereocenters. The first-order valence-corrected chi connectivity index (χ1v) is 6.59. The highest BCUT2D eigenvalue weighted by Gasteiger charge is 2.11. The van der Waals surface area contributed by atoms with Crippen molar-refractivity contribution in [1.29, 1.82) is 0 Å². The van der Waals surface area contributed by atoms with Crippen molar-refractivity contribution < 1.29 is 9.90 Å². The number of carbonyl (C=O) groups is 1. The zero-order chi connectivity index (χ0) is 15.0. The van der Waals surface area contributed by atoms with Gasteiger partial charge in [-0.2, -0.15) is 0 Å². The van der Waals surface area contributed by atoms with Crippen LogP contribution in [0.5, 0.6) is 0 Å². The minimum absolute atomic E-state index is 0.241. The number of carbonyl (C=O) groups excluding carboxylic acids is 1. The first-order valence-electron chi connectivity index (χ1n) is 6.59. The molecule has 0 bridgehead atoms. The molecule has 0 saturated carbocycles. The first kappa shape index (κ1) is 16.2. The van der Waals surface area contributed by atoms with E-state index in [2.05, 4.69) is 40.9 Å². The molecule has 0 spiro atoms. The molecule has 20 heavy (non-hydrogen) atoms. The standard InChI is InChI=1S/C15H21N3O2/c1-12(2)18(3)10-9-17-15(20)14-13(7-5-11-19)6-4-8-16-14/h4,6,8,12,19H,9-11H2,1-3H3,(H,17,20). The maximum Gasteiger partial charge on any atom is 0.271 e. The molecule has 1 amide bonds. The highest BCUT2D eigenvalue weighted by Crippen LogP contribution is 2.03. The fraction of sp³-hybridized carbons (Fsp3) is 0.467. The molecule has 1 rings (SSSR count). The summed E-state index contributed by atoms with van der Waals surface area (Å²) < 4.78 is 0. The second-order valence-electron chi connectivity index (χ2n) is 4.69. The minimum atomic E-state index is -0.245. The average Bonchev–Trinajstić information content (AvgIpc) is 2.45. The van der Waals surface area contributed by atoms with Crippen LogP contribution in [0, 0.1) is 11.8 Å². The molecule has 108 valence electrons. The van der Waals surface area contributed by atoms with Crippen molar-refractivity contribution in [2.24, 2.45) is 0 Å². The molecule has 1 heterocycles. The van der Waals surface area contributed by atoms with E-state index in [1.807, 2.05) is 7.05 Å². The number of aromatic nitrogens is 1. The molecule has 0 fully saturated rings. The van der Waals surface area contributed by atoms with Gasteiger partial charge >= 0.3 is 0 Å². The van der Waals surface area contributed by atoms with Crippen molar-refractivity contribution in [3.8, 4) is 11.8 Å². The minimum Gasteiger partial charge on any atom is -0.384 e. The molecule has 1 aromatic rings. The molecule has 5 heteroatoms. The summed E-state index contributed by atoms with van der Waals surface area (Å²) in [5.41, 5.74) is 0.817. The van der Waals surface area contributed by atoms with Crippen molar-refractivity contribution in [3.63, 3.8) is 0 Å². The molecule has 0 aromatic carbocycles. The Hall–Kier alpha value is -1.90. The Balaban J connectivity index is 2.64. The maximum absolute atomic E-state index is 12.1. The molecule has 5 nitrogen and oxygen atoms in total. The zero-order valence-corrected chi connectivity index (χ0v) is 12.2. The summed E-state index contributed by atoms with van der Waals surface area (Å²) in [6.45, 7) is 5.28. The van der Waals surface area contributed by atoms with Crippen LogP contribution in [0.15, 0.2) is 18.3 Å². The van der Waals surface area contributed by atoms with Gasteiger partial charge in [-0.15, -0.1) is 0 Å². The lowest BCUT2D eigenvalue weighted by Crippen LogP contribution is -2.36. The fourth-order valence-corrected chi connectivity index (χ4v) is 1.51. The lowest BCUT2D eigenvalue weighted by molar-refractivity contribution is 0.0943. The van der Waals surface area contributed by atoms with E-state index in [0.717, 1.165) is 6.54 Å². The van der Waals surface area contributed by atoms with E-state index in [-0.39, 0.29) is 12.5 Å². The SMILES string of the molecule is CC(C)N(C)CCNC(=O)c1ncccc1C#CCO. The van der Waals surface area contributed by atoms with Gasteiger partial charge in [-0.3, -0.25) is 4.79 Å². The Morgan fingerprint density at radius 1 is 1.55 bits per heavy atom. The Morgan fingerprint density at radius 3 is 2.95 bits per heavy atom. The van der Waals surface area contributed by atoms with Crippen molar-refractivity contribution in [2.45, 2.75) is 19.9 Å². The van der Waals surface area contributed by atoms with Crippen LogP contribution >= 0.6 is 0 Å². The van der Waals surface area contributed by atoms with E-state index in [1.54, 1.807) is 18.3 Å². The topological polar surface area (TPSA) is 65.5 Å². The van der Waals surface area contributed by atoms with Crippen LogP contribution in [0.4, 0.5) is 0 Å². The van der Waals surface area contributed by atoms with E-state index in [4.69, 9.17) is 5.11 Å². The number of aliphatic hydroxyl groups is 1. The highest BCUT2D eigenvalue weighted by atomic mass is 16.2. The van der Waals surface area contributed by atoms with Crippen LogP contribution in [0.3, 0.4) is 0 Å². The van der Waals surface area contributed by atoms with Gasteiger partial charge in [0.05, 0.1) is 5.56 Å². The van der Waals surface area contributed by atoms with Gasteiger partial charge in [0, 0.05) is 25.3 Å². The third-order valence-electron chi connectivity index (χ3n) is 2.96. The molecule has 0 aliphatic rings. The normalized spacial score (nSPS) is 10.3. The van der Waals surface area contributed by atoms with Crippen LogP contribution in [0.2, 0.25) is 0 Å². The van der Waals surface area contributed by atoms with Gasteiger partial charge in [0.25, 0.3) is 5.91 Å². The summed E-state index contributed by atoms with van der Waals surface area (Å²) >= 11 is 0. The molecular weight excluding hydrogens is 254 g/mol. The van der Waals surface area contributed by atoms with Crippen molar-refractivity contribution in [3.05, 3.63) is 29.6 Å². The summed E-state index contributed by atoms with van der Waals surface area (Å²) in [7, 11) is 2.01. The van der Waals surface area contributed by atoms with Gasteiger partial charge in [-0.05, 0) is 33.0 Å². The van der Waals surface area contributed by atoms with Crippen LogP contribution < -0.4 is 5.32 Å². The van der Waals surface area contributed by atoms with Crippen LogP contribution in [-0.2, 0) is 0 Å². The molecule has 0 unspecified atom stereocenters. The Labute approximate surface area is 120 Å². The number of nitrogens with zero attached hydrogens (tertiary/aromatic N) is 2. The quantitative estimate of drug-likeness (QED) is 0.768. The van der Waals surface area contributed by atoms with E-state index in [9.17, 15) is 4.79 Å². The number of hydrogen-bond acceptors (Lipinski definition) is 4. The van der Waals surface area contributed by atoms with E-state index in [1.165, 1.54) is 0 Å². The molecule has 1 aromatic heterocycles. The van der Waals surface area contributed by atoms with Gasteiger partial charge in [-0.1, -0.05) is 11.8 Å². The number of amides is 1. The molecule has 0 saturated heterocycles. The van der Waals surface area contributed by atoms with Gasteiger partial charge in [0.15, 0.2) is 0 Å². The zero-order valence-electron chi connectivity index (χ0n) is 12.2. The summed E-state index contributed by atoms with van der Waals surface area (Å²) in [4.78, 5) is 18.3. The smallest absolute Gasteiger partial charge is 0.271 e. The lowest BCUT2D eigenvalue weighted by Gasteiger charge is -2.20. The fourth-order valence-electron chi connectivity index (χ4n) is 1.51. The van der Waals surface area contributed by atoms with Gasteiger partial charge < -0.3 is 15.3 Å². The largest absolute Gasteiger partial charge is 0.384 e. The third-order valence-corrected chi connectivity index (χ3v) is 2.96. The Kier molecular flexibility index (Phi) is 6.71. The van der Waals surface area contributed by atoms with E-state index in [0.29, 0.717) is 23.8 Å². The van der Waals surface area contributed by atoms with Crippen molar-refractivity contribution in [2.75, 3.05) is 26.7 Å². The Morgan fingerprint density at radius 2 is 2.30 bits per heavy atom. The molecular formula is C15H21N3O2. The monoisotopic (exact) mass is 275 g/mol. The summed E-state index contributed by atoms with van der Waals surface area (Å²) in [6.07, 6.45) is 1.55. The molecule has 2 N–H and O–H groups in total. The second kappa shape index (κ2) is 8.31. The Bertz CT molecular complexity index is 503. The van der Waals surface area contributed by atoms with Crippen molar-refractivity contribution in [1.82, 2.24) is 15.2 Å².